The van der Waals surface area contributed by atoms with E-state index in [4.69, 9.17) is 0 Å². The first-order valence-electron chi connectivity index (χ1n) is 6.77. The summed E-state index contributed by atoms with van der Waals surface area (Å²) in [4.78, 5) is 11.8. The van der Waals surface area contributed by atoms with Crippen molar-refractivity contribution in [2.75, 3.05) is 0 Å². The molecule has 0 N–H and O–H groups in total. The van der Waals surface area contributed by atoms with Gasteiger partial charge in [-0.25, -0.2) is 0 Å². The lowest BCUT2D eigenvalue weighted by atomic mass is 9.84. The van der Waals surface area contributed by atoms with Gasteiger partial charge in [0, 0.05) is 12.8 Å². The highest BCUT2D eigenvalue weighted by Gasteiger charge is 2.18. The molecule has 1 heteroatoms. The van der Waals surface area contributed by atoms with Crippen molar-refractivity contribution in [3.8, 4) is 0 Å². The quantitative estimate of drug-likeness (QED) is 0.637. The van der Waals surface area contributed by atoms with Gasteiger partial charge in [-0.1, -0.05) is 58.8 Å². The average molecular weight is 210 g/mol. The van der Waals surface area contributed by atoms with Crippen molar-refractivity contribution in [2.24, 2.45) is 11.8 Å². The Labute approximate surface area is 94.6 Å². The molecule has 1 saturated carbocycles. The molecule has 1 rings (SSSR count). The first-order valence-corrected chi connectivity index (χ1v) is 6.77. The zero-order valence-electron chi connectivity index (χ0n) is 10.4. The molecule has 88 valence electrons. The molecule has 0 heterocycles. The van der Waals surface area contributed by atoms with Crippen molar-refractivity contribution in [3.63, 3.8) is 0 Å². The van der Waals surface area contributed by atoms with Crippen LogP contribution < -0.4 is 0 Å². The van der Waals surface area contributed by atoms with E-state index >= 15 is 0 Å². The standard InChI is InChI=1S/C14H26O/c1-3-12(4-2)10-14(15)11-13-8-6-5-7-9-13/h12-13H,3-11H2,1-2H3. The van der Waals surface area contributed by atoms with E-state index < -0.39 is 0 Å². The molecule has 0 atom stereocenters. The van der Waals surface area contributed by atoms with Gasteiger partial charge in [-0.3, -0.25) is 4.79 Å². The molecule has 0 unspecified atom stereocenters. The summed E-state index contributed by atoms with van der Waals surface area (Å²) in [6, 6.07) is 0. The molecule has 1 aliphatic rings. The van der Waals surface area contributed by atoms with E-state index in [1.165, 1.54) is 32.1 Å². The lowest BCUT2D eigenvalue weighted by Gasteiger charge is -2.21. The minimum Gasteiger partial charge on any atom is -0.300 e. The van der Waals surface area contributed by atoms with Crippen LogP contribution in [0.25, 0.3) is 0 Å². The van der Waals surface area contributed by atoms with Crippen molar-refractivity contribution in [3.05, 3.63) is 0 Å². The lowest BCUT2D eigenvalue weighted by Crippen LogP contribution is -2.14. The molecule has 0 amide bonds. The van der Waals surface area contributed by atoms with Crippen LogP contribution in [-0.4, -0.2) is 5.78 Å². The molecule has 1 nitrogen and oxygen atoms in total. The van der Waals surface area contributed by atoms with Gasteiger partial charge in [-0.05, 0) is 11.8 Å². The summed E-state index contributed by atoms with van der Waals surface area (Å²) in [7, 11) is 0. The highest BCUT2D eigenvalue weighted by Crippen LogP contribution is 2.27. The van der Waals surface area contributed by atoms with E-state index in [1.807, 2.05) is 0 Å². The van der Waals surface area contributed by atoms with Crippen molar-refractivity contribution in [2.45, 2.75) is 71.6 Å². The van der Waals surface area contributed by atoms with E-state index in [0.29, 0.717) is 11.7 Å². The molecule has 0 aromatic carbocycles. The molecule has 0 aliphatic heterocycles. The van der Waals surface area contributed by atoms with E-state index in [2.05, 4.69) is 13.8 Å². The lowest BCUT2D eigenvalue weighted by molar-refractivity contribution is -0.121. The summed E-state index contributed by atoms with van der Waals surface area (Å²) in [5.74, 6) is 1.89. The fourth-order valence-corrected chi connectivity index (χ4v) is 2.70. The van der Waals surface area contributed by atoms with Crippen molar-refractivity contribution in [1.29, 1.82) is 0 Å². The normalized spacial score (nSPS) is 18.3. The molecule has 1 aliphatic carbocycles. The molecule has 0 radical (unpaired) electrons. The number of hydrogen-bond donors (Lipinski definition) is 0. The van der Waals surface area contributed by atoms with Crippen LogP contribution in [0.3, 0.4) is 0 Å². The third kappa shape index (κ3) is 4.81. The van der Waals surface area contributed by atoms with Crippen LogP contribution in [0.5, 0.6) is 0 Å². The zero-order chi connectivity index (χ0) is 11.1. The number of Topliss-reactive ketones (excluding diaryl/α,β-unsaturated/α-hetero) is 1. The third-order valence-corrected chi connectivity index (χ3v) is 3.91. The van der Waals surface area contributed by atoms with E-state index in [0.717, 1.165) is 31.6 Å². The molecule has 0 spiro atoms. The smallest absolute Gasteiger partial charge is 0.133 e. The Hall–Kier alpha value is -0.330. The van der Waals surface area contributed by atoms with E-state index in [9.17, 15) is 4.79 Å². The Kier molecular flexibility index (Phi) is 5.97. The first-order chi connectivity index (χ1) is 7.26. The van der Waals surface area contributed by atoms with Gasteiger partial charge < -0.3 is 0 Å². The minimum absolute atomic E-state index is 0.524. The Morgan fingerprint density at radius 3 is 2.27 bits per heavy atom. The van der Waals surface area contributed by atoms with Crippen molar-refractivity contribution in [1.82, 2.24) is 0 Å². The van der Waals surface area contributed by atoms with Crippen molar-refractivity contribution < 1.29 is 4.79 Å². The number of hydrogen-bond acceptors (Lipinski definition) is 1. The Morgan fingerprint density at radius 1 is 1.13 bits per heavy atom. The van der Waals surface area contributed by atoms with Crippen LogP contribution >= 0.6 is 0 Å². The summed E-state index contributed by atoms with van der Waals surface area (Å²) in [6.45, 7) is 4.39. The van der Waals surface area contributed by atoms with Crippen LogP contribution in [0.15, 0.2) is 0 Å². The van der Waals surface area contributed by atoms with Gasteiger partial charge in [0.25, 0.3) is 0 Å². The maximum atomic E-state index is 11.8. The van der Waals surface area contributed by atoms with Crippen LogP contribution in [0.1, 0.15) is 71.6 Å². The summed E-state index contributed by atoms with van der Waals surface area (Å²) in [5, 5.41) is 0. The first kappa shape index (κ1) is 12.7. The van der Waals surface area contributed by atoms with Gasteiger partial charge in [0.05, 0.1) is 0 Å². The number of carbonyl (C=O) groups excluding carboxylic acids is 1. The summed E-state index contributed by atoms with van der Waals surface area (Å²) >= 11 is 0. The second kappa shape index (κ2) is 7.03. The van der Waals surface area contributed by atoms with Crippen LogP contribution in [0, 0.1) is 11.8 Å². The fraction of sp³-hybridized carbons (Fsp3) is 0.929. The maximum Gasteiger partial charge on any atom is 0.133 e. The average Bonchev–Trinajstić information content (AvgIpc) is 2.27. The third-order valence-electron chi connectivity index (χ3n) is 3.91. The zero-order valence-corrected chi connectivity index (χ0v) is 10.4. The van der Waals surface area contributed by atoms with Gasteiger partial charge in [0.2, 0.25) is 0 Å². The highest BCUT2D eigenvalue weighted by molar-refractivity contribution is 5.78. The van der Waals surface area contributed by atoms with Gasteiger partial charge in [0.1, 0.15) is 5.78 Å². The van der Waals surface area contributed by atoms with Gasteiger partial charge in [-0.15, -0.1) is 0 Å². The second-order valence-electron chi connectivity index (χ2n) is 5.13. The SMILES string of the molecule is CCC(CC)CC(=O)CC1CCCCC1. The predicted molar refractivity (Wildman–Crippen MR) is 64.9 cm³/mol. The van der Waals surface area contributed by atoms with Crippen LogP contribution in [0.2, 0.25) is 0 Å². The van der Waals surface area contributed by atoms with Crippen LogP contribution in [-0.2, 0) is 4.79 Å². The molecular weight excluding hydrogens is 184 g/mol. The Morgan fingerprint density at radius 2 is 1.73 bits per heavy atom. The molecule has 0 saturated heterocycles. The molecular formula is C14H26O. The Bertz CT molecular complexity index is 176. The van der Waals surface area contributed by atoms with Gasteiger partial charge >= 0.3 is 0 Å². The Balaban J connectivity index is 2.21. The summed E-state index contributed by atoms with van der Waals surface area (Å²) in [6.07, 6.45) is 10.7. The number of rotatable bonds is 6. The monoisotopic (exact) mass is 210 g/mol. The molecule has 0 aromatic heterocycles. The fourth-order valence-electron chi connectivity index (χ4n) is 2.70. The number of carbonyl (C=O) groups is 1. The molecule has 0 bridgehead atoms. The van der Waals surface area contributed by atoms with Gasteiger partial charge in [0.15, 0.2) is 0 Å². The summed E-state index contributed by atoms with van der Waals surface area (Å²) < 4.78 is 0. The number of ketones is 1. The van der Waals surface area contributed by atoms with Gasteiger partial charge in [-0.2, -0.15) is 0 Å². The van der Waals surface area contributed by atoms with Crippen LogP contribution in [0.4, 0.5) is 0 Å². The molecule has 0 aromatic rings. The largest absolute Gasteiger partial charge is 0.300 e. The van der Waals surface area contributed by atoms with Crippen molar-refractivity contribution >= 4 is 5.78 Å². The summed E-state index contributed by atoms with van der Waals surface area (Å²) in [5.41, 5.74) is 0. The van der Waals surface area contributed by atoms with E-state index in [1.54, 1.807) is 0 Å². The minimum atomic E-state index is 0.524. The topological polar surface area (TPSA) is 17.1 Å². The van der Waals surface area contributed by atoms with E-state index in [-0.39, 0.29) is 0 Å². The molecule has 15 heavy (non-hydrogen) atoms. The molecule has 1 fully saturated rings. The maximum absolute atomic E-state index is 11.8. The predicted octanol–water partition coefficient (Wildman–Crippen LogP) is 4.35. The highest BCUT2D eigenvalue weighted by atomic mass is 16.1. The second-order valence-corrected chi connectivity index (χ2v) is 5.13.